The van der Waals surface area contributed by atoms with Crippen LogP contribution in [0.3, 0.4) is 0 Å². The van der Waals surface area contributed by atoms with E-state index in [2.05, 4.69) is 38.9 Å². The highest BCUT2D eigenvalue weighted by Gasteiger charge is 2.34. The second-order valence-electron chi connectivity index (χ2n) is 6.54. The number of hydrogen-bond donors (Lipinski definition) is 0. The predicted octanol–water partition coefficient (Wildman–Crippen LogP) is 4.84. The molecule has 1 unspecified atom stereocenters. The molecule has 3 rings (SSSR count). The summed E-state index contributed by atoms with van der Waals surface area (Å²) in [4.78, 5) is -0.0332. The van der Waals surface area contributed by atoms with Crippen molar-refractivity contribution in [2.24, 2.45) is 11.8 Å². The van der Waals surface area contributed by atoms with Crippen LogP contribution in [0.15, 0.2) is 51.9 Å². The first-order valence-electron chi connectivity index (χ1n) is 8.55. The third-order valence-electron chi connectivity index (χ3n) is 4.81. The molecule has 4 nitrogen and oxygen atoms in total. The molecule has 1 aliphatic heterocycles. The maximum atomic E-state index is 12.8. The number of nitrogens with zero attached hydrogens (tertiary/aromatic N) is 1. The first kappa shape index (κ1) is 20.4. The van der Waals surface area contributed by atoms with Crippen LogP contribution in [0.2, 0.25) is 0 Å². The average Bonchev–Trinajstić information content (AvgIpc) is 2.61. The van der Waals surface area contributed by atoms with Crippen molar-refractivity contribution in [2.75, 3.05) is 13.1 Å². The monoisotopic (exact) mass is 465 g/mol. The zero-order valence-electron chi connectivity index (χ0n) is 14.3. The van der Waals surface area contributed by atoms with E-state index in [1.165, 1.54) is 4.31 Å². The van der Waals surface area contributed by atoms with Crippen molar-refractivity contribution < 1.29 is 26.3 Å². The second kappa shape index (κ2) is 7.97. The number of allylic oxidation sites excluding steroid dienone is 4. The van der Waals surface area contributed by atoms with E-state index in [0.29, 0.717) is 19.0 Å². The van der Waals surface area contributed by atoms with E-state index in [0.717, 1.165) is 48.0 Å². The zero-order valence-corrected chi connectivity index (χ0v) is 16.7. The number of sulfonamides is 1. The largest absolute Gasteiger partial charge is 0.573 e. The van der Waals surface area contributed by atoms with Crippen molar-refractivity contribution in [2.45, 2.75) is 30.5 Å². The van der Waals surface area contributed by atoms with Gasteiger partial charge < -0.3 is 4.74 Å². The fraction of sp³-hybridized carbons (Fsp3) is 0.444. The fourth-order valence-electron chi connectivity index (χ4n) is 3.45. The lowest BCUT2D eigenvalue weighted by Gasteiger charge is -2.35. The van der Waals surface area contributed by atoms with Gasteiger partial charge in [0.15, 0.2) is 0 Å². The summed E-state index contributed by atoms with van der Waals surface area (Å²) >= 11 is 3.60. The third kappa shape index (κ3) is 4.94. The Morgan fingerprint density at radius 2 is 1.74 bits per heavy atom. The van der Waals surface area contributed by atoms with Crippen molar-refractivity contribution in [3.05, 3.63) is 47.0 Å². The van der Waals surface area contributed by atoms with Gasteiger partial charge in [0.2, 0.25) is 10.0 Å². The molecule has 0 saturated carbocycles. The molecule has 1 aromatic carbocycles. The summed E-state index contributed by atoms with van der Waals surface area (Å²) in [7, 11) is -3.74. The van der Waals surface area contributed by atoms with E-state index in [9.17, 15) is 21.6 Å². The Labute approximate surface area is 164 Å². The first-order chi connectivity index (χ1) is 12.7. The Kier molecular flexibility index (Phi) is 6.02. The molecule has 0 amide bonds. The van der Waals surface area contributed by atoms with E-state index in [4.69, 9.17) is 0 Å². The molecule has 27 heavy (non-hydrogen) atoms. The highest BCUT2D eigenvalue weighted by molar-refractivity contribution is 9.11. The van der Waals surface area contributed by atoms with Crippen LogP contribution in [0.4, 0.5) is 13.2 Å². The summed E-state index contributed by atoms with van der Waals surface area (Å²) in [6.45, 7) is 0.775. The van der Waals surface area contributed by atoms with Gasteiger partial charge in [-0.05, 0) is 53.9 Å². The molecule has 0 bridgehead atoms. The summed E-state index contributed by atoms with van der Waals surface area (Å²) in [5.74, 6) is 0.199. The van der Waals surface area contributed by atoms with Crippen LogP contribution in [-0.4, -0.2) is 32.2 Å². The van der Waals surface area contributed by atoms with Crippen LogP contribution < -0.4 is 4.74 Å². The molecule has 1 aromatic rings. The molecule has 0 N–H and O–H groups in total. The van der Waals surface area contributed by atoms with E-state index in [1.54, 1.807) is 0 Å². The van der Waals surface area contributed by atoms with Crippen LogP contribution in [0, 0.1) is 11.8 Å². The molecular weight excluding hydrogens is 447 g/mol. The maximum Gasteiger partial charge on any atom is 0.573 e. The van der Waals surface area contributed by atoms with Gasteiger partial charge in [0, 0.05) is 19.0 Å². The lowest BCUT2D eigenvalue weighted by atomic mass is 9.83. The minimum absolute atomic E-state index is 0.0332. The van der Waals surface area contributed by atoms with Gasteiger partial charge >= 0.3 is 6.36 Å². The first-order valence-corrected chi connectivity index (χ1v) is 10.8. The predicted molar refractivity (Wildman–Crippen MR) is 98.9 cm³/mol. The van der Waals surface area contributed by atoms with Crippen LogP contribution in [-0.2, 0) is 10.0 Å². The van der Waals surface area contributed by atoms with Crippen molar-refractivity contribution in [3.63, 3.8) is 0 Å². The fourth-order valence-corrected chi connectivity index (χ4v) is 5.64. The van der Waals surface area contributed by atoms with E-state index in [1.807, 2.05) is 0 Å². The Bertz CT molecular complexity index is 826. The maximum absolute atomic E-state index is 12.8. The van der Waals surface area contributed by atoms with Gasteiger partial charge in [0.25, 0.3) is 0 Å². The number of ether oxygens (including phenoxy) is 1. The summed E-state index contributed by atoms with van der Waals surface area (Å²) in [5, 5.41) is 0. The summed E-state index contributed by atoms with van der Waals surface area (Å²) in [6, 6.07) is 4.32. The van der Waals surface area contributed by atoms with Crippen LogP contribution in [0.1, 0.15) is 19.3 Å². The van der Waals surface area contributed by atoms with Crippen molar-refractivity contribution >= 4 is 26.0 Å². The highest BCUT2D eigenvalue weighted by Crippen LogP contribution is 2.37. The smallest absolute Gasteiger partial charge is 0.406 e. The average molecular weight is 466 g/mol. The number of halogens is 4. The normalized spacial score (nSPS) is 22.5. The van der Waals surface area contributed by atoms with Gasteiger partial charge in [-0.3, -0.25) is 0 Å². The zero-order chi connectivity index (χ0) is 19.7. The van der Waals surface area contributed by atoms with Gasteiger partial charge in [0.05, 0.1) is 4.90 Å². The highest BCUT2D eigenvalue weighted by atomic mass is 79.9. The quantitative estimate of drug-likeness (QED) is 0.597. The molecule has 1 atom stereocenters. The van der Waals surface area contributed by atoms with Crippen LogP contribution >= 0.6 is 15.9 Å². The number of rotatable bonds is 4. The van der Waals surface area contributed by atoms with E-state index < -0.39 is 22.1 Å². The van der Waals surface area contributed by atoms with Crippen molar-refractivity contribution in [3.8, 4) is 5.75 Å². The van der Waals surface area contributed by atoms with Gasteiger partial charge in [-0.25, -0.2) is 8.42 Å². The standard InChI is InChI=1S/C18H19BrF3NO3S/c19-17-4-2-1-3-16(17)13-9-11-23(12-10-13)27(24,25)15-7-5-14(6-8-15)26-18(20,21)22/h1,3-8,13,16H,2,9-12H2. The summed E-state index contributed by atoms with van der Waals surface area (Å²) < 4.78 is 68.5. The minimum atomic E-state index is -4.81. The molecule has 1 aliphatic carbocycles. The van der Waals surface area contributed by atoms with E-state index in [-0.39, 0.29) is 10.8 Å². The van der Waals surface area contributed by atoms with Crippen LogP contribution in [0.25, 0.3) is 0 Å². The van der Waals surface area contributed by atoms with Gasteiger partial charge in [-0.1, -0.05) is 34.2 Å². The van der Waals surface area contributed by atoms with Gasteiger partial charge in [-0.2, -0.15) is 4.31 Å². The third-order valence-corrected chi connectivity index (χ3v) is 7.58. The minimum Gasteiger partial charge on any atom is -0.406 e. The molecule has 0 radical (unpaired) electrons. The number of alkyl halides is 3. The molecule has 2 aliphatic rings. The number of piperidine rings is 1. The van der Waals surface area contributed by atoms with E-state index >= 15 is 0 Å². The van der Waals surface area contributed by atoms with Gasteiger partial charge in [0.1, 0.15) is 5.75 Å². The second-order valence-corrected chi connectivity index (χ2v) is 9.39. The topological polar surface area (TPSA) is 46.6 Å². The number of benzene rings is 1. The van der Waals surface area contributed by atoms with Gasteiger partial charge in [-0.15, -0.1) is 13.2 Å². The molecule has 1 saturated heterocycles. The summed E-state index contributed by atoms with van der Waals surface area (Å²) in [5.41, 5.74) is 0. The molecule has 9 heteroatoms. The summed E-state index contributed by atoms with van der Waals surface area (Å²) in [6.07, 6.45) is 3.95. The van der Waals surface area contributed by atoms with Crippen molar-refractivity contribution in [1.82, 2.24) is 4.31 Å². The molecule has 1 heterocycles. The Morgan fingerprint density at radius 1 is 1.11 bits per heavy atom. The SMILES string of the molecule is O=S(=O)(c1ccc(OC(F)(F)F)cc1)N1CCC(C2C=CCC=C2Br)CC1. The van der Waals surface area contributed by atoms with Crippen molar-refractivity contribution in [1.29, 1.82) is 0 Å². The Hall–Kier alpha value is -1.32. The Morgan fingerprint density at radius 3 is 2.30 bits per heavy atom. The molecule has 0 aromatic heterocycles. The Balaban J connectivity index is 1.65. The van der Waals surface area contributed by atoms with Crippen LogP contribution in [0.5, 0.6) is 5.75 Å². The molecule has 1 fully saturated rings. The lowest BCUT2D eigenvalue weighted by molar-refractivity contribution is -0.274. The lowest BCUT2D eigenvalue weighted by Crippen LogP contribution is -2.40. The molecule has 148 valence electrons. The molecule has 0 spiro atoms. The molecular formula is C18H19BrF3NO3S. The number of hydrogen-bond acceptors (Lipinski definition) is 3.